The summed E-state index contributed by atoms with van der Waals surface area (Å²) in [6.45, 7) is 6.81. The first kappa shape index (κ1) is 32.7. The zero-order chi connectivity index (χ0) is 30.3. The molecule has 0 aliphatic heterocycles. The van der Waals surface area contributed by atoms with E-state index < -0.39 is 28.5 Å². The van der Waals surface area contributed by atoms with E-state index in [0.717, 1.165) is 9.87 Å². The Balaban J connectivity index is 2.10. The highest BCUT2D eigenvalue weighted by atomic mass is 35.5. The number of aryl methyl sites for hydroxylation is 1. The van der Waals surface area contributed by atoms with Crippen LogP contribution in [0.4, 0.5) is 5.69 Å². The third-order valence-corrected chi connectivity index (χ3v) is 9.58. The molecule has 1 N–H and O–H groups in total. The van der Waals surface area contributed by atoms with Gasteiger partial charge in [-0.3, -0.25) is 13.9 Å². The minimum atomic E-state index is -4.19. The number of sulfonamides is 1. The summed E-state index contributed by atoms with van der Waals surface area (Å²) in [6, 6.07) is 16.5. The Kier molecular flexibility index (Phi) is 11.5. The van der Waals surface area contributed by atoms with Crippen LogP contribution in [0.1, 0.15) is 44.7 Å². The lowest BCUT2D eigenvalue weighted by Crippen LogP contribution is -2.53. The van der Waals surface area contributed by atoms with Crippen molar-refractivity contribution in [3.05, 3.63) is 92.9 Å². The van der Waals surface area contributed by atoms with Crippen LogP contribution in [0.2, 0.25) is 15.1 Å². The zero-order valence-electron chi connectivity index (χ0n) is 23.4. The van der Waals surface area contributed by atoms with Gasteiger partial charge in [0.25, 0.3) is 10.0 Å². The van der Waals surface area contributed by atoms with Gasteiger partial charge in [0.15, 0.2) is 0 Å². The number of nitrogens with one attached hydrogen (secondary N) is 1. The van der Waals surface area contributed by atoms with Crippen LogP contribution < -0.4 is 9.62 Å². The minimum Gasteiger partial charge on any atom is -0.352 e. The van der Waals surface area contributed by atoms with Gasteiger partial charge < -0.3 is 10.2 Å². The van der Waals surface area contributed by atoms with Crippen molar-refractivity contribution in [3.63, 3.8) is 0 Å². The van der Waals surface area contributed by atoms with Gasteiger partial charge in [0, 0.05) is 27.7 Å². The van der Waals surface area contributed by atoms with Crippen LogP contribution in [0.25, 0.3) is 0 Å². The first-order valence-electron chi connectivity index (χ1n) is 13.3. The Morgan fingerprint density at radius 3 is 2.17 bits per heavy atom. The first-order chi connectivity index (χ1) is 19.4. The largest absolute Gasteiger partial charge is 0.352 e. The Morgan fingerprint density at radius 1 is 0.902 bits per heavy atom. The number of carbonyl (C=O) groups excluding carboxylic acids is 2. The molecule has 0 unspecified atom stereocenters. The second-order valence-electron chi connectivity index (χ2n) is 9.76. The van der Waals surface area contributed by atoms with Gasteiger partial charge in [0.1, 0.15) is 12.6 Å². The van der Waals surface area contributed by atoms with Crippen molar-refractivity contribution in [1.82, 2.24) is 10.2 Å². The molecule has 0 heterocycles. The lowest BCUT2D eigenvalue weighted by atomic mass is 10.1. The molecule has 0 radical (unpaired) electrons. The molecule has 0 aliphatic rings. The maximum absolute atomic E-state index is 14.1. The molecule has 0 aliphatic carbocycles. The van der Waals surface area contributed by atoms with Crippen LogP contribution in [0.3, 0.4) is 0 Å². The van der Waals surface area contributed by atoms with Crippen LogP contribution in [0, 0.1) is 6.92 Å². The number of hydrogen-bond acceptors (Lipinski definition) is 4. The summed E-state index contributed by atoms with van der Waals surface area (Å²) in [7, 11) is -4.19. The normalized spacial score (nSPS) is 12.9. The molecular formula is C30H34Cl3N3O4S. The van der Waals surface area contributed by atoms with E-state index >= 15 is 0 Å². The first-order valence-corrected chi connectivity index (χ1v) is 15.8. The zero-order valence-corrected chi connectivity index (χ0v) is 26.5. The molecule has 41 heavy (non-hydrogen) atoms. The van der Waals surface area contributed by atoms with Gasteiger partial charge in [-0.25, -0.2) is 8.42 Å². The number of rotatable bonds is 12. The van der Waals surface area contributed by atoms with E-state index in [1.54, 1.807) is 62.4 Å². The molecule has 0 aromatic heterocycles. The maximum Gasteiger partial charge on any atom is 0.264 e. The van der Waals surface area contributed by atoms with Crippen LogP contribution in [-0.2, 0) is 26.2 Å². The molecule has 2 amide bonds. The fourth-order valence-corrected chi connectivity index (χ4v) is 6.25. The Hall–Kier alpha value is -2.78. The van der Waals surface area contributed by atoms with Crippen LogP contribution in [-0.4, -0.2) is 43.8 Å². The molecule has 7 nitrogen and oxygen atoms in total. The van der Waals surface area contributed by atoms with Crippen molar-refractivity contribution >= 4 is 62.3 Å². The smallest absolute Gasteiger partial charge is 0.264 e. The predicted octanol–water partition coefficient (Wildman–Crippen LogP) is 6.87. The average molecular weight is 639 g/mol. The quantitative estimate of drug-likeness (QED) is 0.235. The molecule has 220 valence electrons. The molecule has 0 saturated carbocycles. The average Bonchev–Trinajstić information content (AvgIpc) is 2.94. The molecule has 11 heteroatoms. The standard InChI is InChI=1S/C30H34Cl3N3O4S/c1-5-21(4)34-30(38)28(6-2)35(18-22-13-14-23(31)16-27(22)33)29(37)19-36(24-15-12-20(3)26(32)17-24)41(39,40)25-10-8-7-9-11-25/h7-17,21,28H,5-6,18-19H2,1-4H3,(H,34,38)/t21-,28+/m1/s1. The maximum atomic E-state index is 14.1. The molecule has 0 saturated heterocycles. The van der Waals surface area contributed by atoms with Crippen LogP contribution in [0.15, 0.2) is 71.6 Å². The van der Waals surface area contributed by atoms with Crippen molar-refractivity contribution in [2.75, 3.05) is 10.8 Å². The lowest BCUT2D eigenvalue weighted by Gasteiger charge is -2.34. The van der Waals surface area contributed by atoms with E-state index in [-0.39, 0.29) is 29.1 Å². The fourth-order valence-electron chi connectivity index (χ4n) is 4.18. The van der Waals surface area contributed by atoms with E-state index in [0.29, 0.717) is 33.5 Å². The highest BCUT2D eigenvalue weighted by molar-refractivity contribution is 7.92. The Morgan fingerprint density at radius 2 is 1.59 bits per heavy atom. The topological polar surface area (TPSA) is 86.8 Å². The van der Waals surface area contributed by atoms with Crippen molar-refractivity contribution in [3.8, 4) is 0 Å². The number of hydrogen-bond donors (Lipinski definition) is 1. The number of anilines is 1. The molecular weight excluding hydrogens is 605 g/mol. The van der Waals surface area contributed by atoms with Crippen molar-refractivity contribution in [1.29, 1.82) is 0 Å². The fraction of sp³-hybridized carbons (Fsp3) is 0.333. The summed E-state index contributed by atoms with van der Waals surface area (Å²) in [4.78, 5) is 28.9. The van der Waals surface area contributed by atoms with E-state index in [2.05, 4.69) is 5.32 Å². The van der Waals surface area contributed by atoms with Gasteiger partial charge >= 0.3 is 0 Å². The Bertz CT molecular complexity index is 1490. The summed E-state index contributed by atoms with van der Waals surface area (Å²) in [5, 5.41) is 4.05. The number of carbonyl (C=O) groups is 2. The van der Waals surface area contributed by atoms with Crippen molar-refractivity contribution in [2.24, 2.45) is 0 Å². The van der Waals surface area contributed by atoms with Gasteiger partial charge in [-0.05, 0) is 74.2 Å². The molecule has 0 spiro atoms. The summed E-state index contributed by atoms with van der Waals surface area (Å²) >= 11 is 18.9. The summed E-state index contributed by atoms with van der Waals surface area (Å²) in [5.74, 6) is -0.922. The molecule has 3 rings (SSSR count). The summed E-state index contributed by atoms with van der Waals surface area (Å²) < 4.78 is 28.8. The second kappa shape index (κ2) is 14.4. The van der Waals surface area contributed by atoms with Crippen LogP contribution in [0.5, 0.6) is 0 Å². The molecule has 3 aromatic rings. The molecule has 0 fully saturated rings. The number of nitrogens with zero attached hydrogens (tertiary/aromatic N) is 2. The highest BCUT2D eigenvalue weighted by Gasteiger charge is 2.34. The van der Waals surface area contributed by atoms with E-state index in [4.69, 9.17) is 34.8 Å². The third kappa shape index (κ3) is 8.16. The van der Waals surface area contributed by atoms with Crippen molar-refractivity contribution < 1.29 is 18.0 Å². The van der Waals surface area contributed by atoms with Gasteiger partial charge in [0.05, 0.1) is 10.6 Å². The molecule has 3 aromatic carbocycles. The monoisotopic (exact) mass is 637 g/mol. The lowest BCUT2D eigenvalue weighted by molar-refractivity contribution is -0.140. The van der Waals surface area contributed by atoms with E-state index in [1.807, 2.05) is 13.8 Å². The minimum absolute atomic E-state index is 0.0124. The van der Waals surface area contributed by atoms with Gasteiger partial charge in [-0.1, -0.05) is 79.0 Å². The number of benzene rings is 3. The SMILES string of the molecule is CC[C@@H](C)NC(=O)[C@H](CC)N(Cc1ccc(Cl)cc1Cl)C(=O)CN(c1ccc(C)c(Cl)c1)S(=O)(=O)c1ccccc1. The second-order valence-corrected chi connectivity index (χ2v) is 12.9. The van der Waals surface area contributed by atoms with Gasteiger partial charge in [0.2, 0.25) is 11.8 Å². The van der Waals surface area contributed by atoms with Crippen LogP contribution >= 0.6 is 34.8 Å². The Labute approximate surface area is 257 Å². The number of halogens is 3. The number of amides is 2. The summed E-state index contributed by atoms with van der Waals surface area (Å²) in [6.07, 6.45) is 0.997. The van der Waals surface area contributed by atoms with Crippen molar-refractivity contribution in [2.45, 2.75) is 64.1 Å². The molecule has 0 bridgehead atoms. The van der Waals surface area contributed by atoms with E-state index in [9.17, 15) is 18.0 Å². The van der Waals surface area contributed by atoms with Gasteiger partial charge in [-0.15, -0.1) is 0 Å². The van der Waals surface area contributed by atoms with Gasteiger partial charge in [-0.2, -0.15) is 0 Å². The predicted molar refractivity (Wildman–Crippen MR) is 166 cm³/mol. The third-order valence-electron chi connectivity index (χ3n) is 6.80. The molecule has 2 atom stereocenters. The summed E-state index contributed by atoms with van der Waals surface area (Å²) in [5.41, 5.74) is 1.54. The van der Waals surface area contributed by atoms with E-state index in [1.165, 1.54) is 23.1 Å². The highest BCUT2D eigenvalue weighted by Crippen LogP contribution is 2.29.